The highest BCUT2D eigenvalue weighted by Crippen LogP contribution is 2.48. The van der Waals surface area contributed by atoms with Crippen molar-refractivity contribution in [3.63, 3.8) is 0 Å². The summed E-state index contributed by atoms with van der Waals surface area (Å²) in [5.74, 6) is -0.0176. The van der Waals surface area contributed by atoms with E-state index >= 15 is 0 Å². The number of nitrogens with zero attached hydrogens (tertiary/aromatic N) is 2. The van der Waals surface area contributed by atoms with Crippen LogP contribution in [0.4, 0.5) is 5.69 Å². The maximum Gasteiger partial charge on any atom is 0.314 e. The van der Waals surface area contributed by atoms with Crippen molar-refractivity contribution in [1.82, 2.24) is 9.97 Å². The van der Waals surface area contributed by atoms with Crippen molar-refractivity contribution < 1.29 is 9.90 Å². The highest BCUT2D eigenvalue weighted by atomic mass is 16.4. The van der Waals surface area contributed by atoms with Gasteiger partial charge in [-0.15, -0.1) is 0 Å². The second kappa shape index (κ2) is 6.59. The van der Waals surface area contributed by atoms with Gasteiger partial charge in [-0.25, -0.2) is 9.97 Å². The summed E-state index contributed by atoms with van der Waals surface area (Å²) in [6.07, 6.45) is 5.08. The van der Waals surface area contributed by atoms with Crippen molar-refractivity contribution in [2.45, 2.75) is 24.8 Å². The number of carboxylic acids is 1. The summed E-state index contributed by atoms with van der Waals surface area (Å²) < 4.78 is 0. The molecule has 0 unspecified atom stereocenters. The van der Waals surface area contributed by atoms with Gasteiger partial charge in [-0.2, -0.15) is 0 Å². The molecule has 0 aliphatic heterocycles. The number of hydrogen-bond donors (Lipinski definition) is 2. The van der Waals surface area contributed by atoms with Crippen LogP contribution in [0, 0.1) is 0 Å². The molecule has 26 heavy (non-hydrogen) atoms. The number of benzene rings is 2. The fraction of sp³-hybridized carbons (Fsp3) is 0.190. The molecule has 4 rings (SSSR count). The van der Waals surface area contributed by atoms with E-state index < -0.39 is 11.4 Å². The molecule has 1 aromatic heterocycles. The first-order valence-electron chi connectivity index (χ1n) is 8.61. The zero-order valence-corrected chi connectivity index (χ0v) is 14.2. The molecule has 1 fully saturated rings. The topological polar surface area (TPSA) is 75.1 Å². The van der Waals surface area contributed by atoms with E-state index in [-0.39, 0.29) is 0 Å². The van der Waals surface area contributed by atoms with E-state index in [1.54, 1.807) is 0 Å². The number of nitrogens with one attached hydrogen (secondary N) is 1. The Hall–Kier alpha value is -3.21. The van der Waals surface area contributed by atoms with Crippen molar-refractivity contribution in [2.24, 2.45) is 0 Å². The normalized spacial score (nSPS) is 14.6. The van der Waals surface area contributed by atoms with Crippen LogP contribution in [0.15, 0.2) is 67.0 Å². The number of anilines is 1. The van der Waals surface area contributed by atoms with Crippen molar-refractivity contribution in [3.8, 4) is 11.4 Å². The summed E-state index contributed by atoms with van der Waals surface area (Å²) in [5.41, 5.74) is 3.15. The Labute approximate surface area is 151 Å². The first kappa shape index (κ1) is 16.3. The predicted molar refractivity (Wildman–Crippen MR) is 99.8 cm³/mol. The van der Waals surface area contributed by atoms with E-state index in [2.05, 4.69) is 15.3 Å². The van der Waals surface area contributed by atoms with Crippen LogP contribution < -0.4 is 5.32 Å². The average molecular weight is 345 g/mol. The molecule has 0 radical (unpaired) electrons. The molecular weight excluding hydrogens is 326 g/mol. The van der Waals surface area contributed by atoms with Gasteiger partial charge in [0, 0.05) is 35.8 Å². The van der Waals surface area contributed by atoms with Crippen LogP contribution in [0.3, 0.4) is 0 Å². The number of hydrogen-bond acceptors (Lipinski definition) is 4. The Kier molecular flexibility index (Phi) is 4.13. The Morgan fingerprint density at radius 2 is 1.65 bits per heavy atom. The standard InChI is InChI=1S/C21H19N3O2/c25-20(26)21(10-11-21)17-6-8-18(9-7-17)22-12-15-13-23-19(24-14-15)16-4-2-1-3-5-16/h1-9,13-14,22H,10-12H2,(H,25,26). The van der Waals surface area contributed by atoms with Gasteiger partial charge >= 0.3 is 5.97 Å². The summed E-state index contributed by atoms with van der Waals surface area (Å²) in [4.78, 5) is 20.2. The Balaban J connectivity index is 1.39. The molecule has 1 aliphatic carbocycles. The molecular formula is C21H19N3O2. The first-order valence-corrected chi connectivity index (χ1v) is 8.61. The molecule has 5 heteroatoms. The lowest BCUT2D eigenvalue weighted by molar-refractivity contribution is -0.140. The predicted octanol–water partition coefficient (Wildman–Crippen LogP) is 3.87. The van der Waals surface area contributed by atoms with Gasteiger partial charge in [-0.3, -0.25) is 4.79 Å². The third-order valence-corrected chi connectivity index (χ3v) is 4.83. The lowest BCUT2D eigenvalue weighted by Crippen LogP contribution is -2.19. The van der Waals surface area contributed by atoms with Crippen LogP contribution in [-0.2, 0) is 16.8 Å². The Bertz CT molecular complexity index is 902. The minimum Gasteiger partial charge on any atom is -0.481 e. The Morgan fingerprint density at radius 1 is 1.00 bits per heavy atom. The third-order valence-electron chi connectivity index (χ3n) is 4.83. The lowest BCUT2D eigenvalue weighted by atomic mass is 9.96. The molecule has 0 saturated heterocycles. The Morgan fingerprint density at radius 3 is 2.23 bits per heavy atom. The molecule has 1 saturated carbocycles. The van der Waals surface area contributed by atoms with E-state index in [9.17, 15) is 9.90 Å². The van der Waals surface area contributed by atoms with E-state index in [0.717, 1.165) is 35.2 Å². The zero-order valence-electron chi connectivity index (χ0n) is 14.2. The number of rotatable bonds is 6. The number of carboxylic acid groups (broad SMARTS) is 1. The van der Waals surface area contributed by atoms with Crippen LogP contribution >= 0.6 is 0 Å². The summed E-state index contributed by atoms with van der Waals surface area (Å²) in [6, 6.07) is 17.5. The number of aromatic nitrogens is 2. The van der Waals surface area contributed by atoms with Gasteiger partial charge in [0.05, 0.1) is 5.41 Å². The average Bonchev–Trinajstić information content (AvgIpc) is 3.50. The van der Waals surface area contributed by atoms with E-state index in [4.69, 9.17) is 0 Å². The molecule has 0 atom stereocenters. The van der Waals surface area contributed by atoms with Gasteiger partial charge in [0.1, 0.15) is 0 Å². The van der Waals surface area contributed by atoms with Crippen LogP contribution in [0.1, 0.15) is 24.0 Å². The number of aliphatic carboxylic acids is 1. The van der Waals surface area contributed by atoms with E-state index in [0.29, 0.717) is 12.4 Å². The molecule has 5 nitrogen and oxygen atoms in total. The monoisotopic (exact) mass is 345 g/mol. The molecule has 1 heterocycles. The molecule has 130 valence electrons. The fourth-order valence-corrected chi connectivity index (χ4v) is 3.04. The van der Waals surface area contributed by atoms with Crippen molar-refractivity contribution in [3.05, 3.63) is 78.1 Å². The summed E-state index contributed by atoms with van der Waals surface area (Å²) >= 11 is 0. The van der Waals surface area contributed by atoms with Crippen LogP contribution in [0.25, 0.3) is 11.4 Å². The fourth-order valence-electron chi connectivity index (χ4n) is 3.04. The summed E-state index contributed by atoms with van der Waals surface area (Å²) in [5, 5.41) is 12.7. The van der Waals surface area contributed by atoms with Crippen molar-refractivity contribution in [2.75, 3.05) is 5.32 Å². The second-order valence-corrected chi connectivity index (χ2v) is 6.60. The summed E-state index contributed by atoms with van der Waals surface area (Å²) in [6.45, 7) is 0.610. The summed E-state index contributed by atoms with van der Waals surface area (Å²) in [7, 11) is 0. The maximum atomic E-state index is 11.4. The van der Waals surface area contributed by atoms with Crippen LogP contribution in [0.5, 0.6) is 0 Å². The van der Waals surface area contributed by atoms with Gasteiger partial charge in [-0.1, -0.05) is 42.5 Å². The van der Waals surface area contributed by atoms with Crippen LogP contribution in [-0.4, -0.2) is 21.0 Å². The van der Waals surface area contributed by atoms with Gasteiger partial charge in [-0.05, 0) is 30.5 Å². The molecule has 2 N–H and O–H groups in total. The molecule has 0 bridgehead atoms. The van der Waals surface area contributed by atoms with Gasteiger partial charge in [0.2, 0.25) is 0 Å². The SMILES string of the molecule is O=C(O)C1(c2ccc(NCc3cnc(-c4ccccc4)nc3)cc2)CC1. The highest BCUT2D eigenvalue weighted by molar-refractivity contribution is 5.85. The molecule has 0 spiro atoms. The molecule has 3 aromatic rings. The van der Waals surface area contributed by atoms with Gasteiger partial charge in [0.25, 0.3) is 0 Å². The molecule has 1 aliphatic rings. The van der Waals surface area contributed by atoms with Crippen molar-refractivity contribution in [1.29, 1.82) is 0 Å². The van der Waals surface area contributed by atoms with E-state index in [1.807, 2.05) is 67.0 Å². The zero-order chi connectivity index (χ0) is 18.0. The van der Waals surface area contributed by atoms with Gasteiger partial charge in [0.15, 0.2) is 5.82 Å². The van der Waals surface area contributed by atoms with Crippen LogP contribution in [0.2, 0.25) is 0 Å². The van der Waals surface area contributed by atoms with Gasteiger partial charge < -0.3 is 10.4 Å². The molecule has 0 amide bonds. The third kappa shape index (κ3) is 3.16. The second-order valence-electron chi connectivity index (χ2n) is 6.60. The largest absolute Gasteiger partial charge is 0.481 e. The maximum absolute atomic E-state index is 11.4. The quantitative estimate of drug-likeness (QED) is 0.709. The van der Waals surface area contributed by atoms with Crippen molar-refractivity contribution >= 4 is 11.7 Å². The molecule has 2 aromatic carbocycles. The van der Waals surface area contributed by atoms with E-state index in [1.165, 1.54) is 0 Å². The highest BCUT2D eigenvalue weighted by Gasteiger charge is 2.51. The lowest BCUT2D eigenvalue weighted by Gasteiger charge is -2.12. The number of carbonyl (C=O) groups is 1. The first-order chi connectivity index (χ1) is 12.7. The minimum absolute atomic E-state index is 0.610. The minimum atomic E-state index is -0.728. The smallest absolute Gasteiger partial charge is 0.314 e.